The third kappa shape index (κ3) is 5.28. The molecule has 3 aromatic carbocycles. The number of hydrogen-bond donors (Lipinski definition) is 2. The highest BCUT2D eigenvalue weighted by atomic mass is 35.5. The van der Waals surface area contributed by atoms with Crippen LogP contribution in [0.15, 0.2) is 77.7 Å². The van der Waals surface area contributed by atoms with E-state index in [9.17, 15) is 13.2 Å². The maximum absolute atomic E-state index is 12.7. The van der Waals surface area contributed by atoms with Gasteiger partial charge in [0.1, 0.15) is 5.75 Å². The predicted molar refractivity (Wildman–Crippen MR) is 114 cm³/mol. The van der Waals surface area contributed by atoms with Crippen molar-refractivity contribution in [2.24, 2.45) is 0 Å². The molecule has 0 saturated heterocycles. The van der Waals surface area contributed by atoms with Gasteiger partial charge in [-0.25, -0.2) is 8.42 Å². The lowest BCUT2D eigenvalue weighted by Gasteiger charge is -2.14. The quantitative estimate of drug-likeness (QED) is 0.564. The first-order valence-corrected chi connectivity index (χ1v) is 10.7. The summed E-state index contributed by atoms with van der Waals surface area (Å²) in [5.41, 5.74) is 1.07. The summed E-state index contributed by atoms with van der Waals surface area (Å²) in [6.07, 6.45) is 0. The van der Waals surface area contributed by atoms with Gasteiger partial charge in [-0.15, -0.1) is 0 Å². The fourth-order valence-corrected chi connectivity index (χ4v) is 3.78. The minimum atomic E-state index is -3.85. The molecule has 6 nitrogen and oxygen atoms in total. The zero-order valence-corrected chi connectivity index (χ0v) is 17.1. The average molecular weight is 431 g/mol. The molecule has 2 N–H and O–H groups in total. The Hall–Kier alpha value is -3.03. The second-order valence-corrected chi connectivity index (χ2v) is 8.14. The Bertz CT molecular complexity index is 1100. The highest BCUT2D eigenvalue weighted by molar-refractivity contribution is 7.92. The van der Waals surface area contributed by atoms with E-state index in [0.29, 0.717) is 28.6 Å². The maximum atomic E-state index is 12.7. The number of carbonyl (C=O) groups excluding carboxylic acids is 1. The van der Waals surface area contributed by atoms with Crippen molar-refractivity contribution in [2.75, 3.05) is 16.6 Å². The van der Waals surface area contributed by atoms with E-state index in [1.54, 1.807) is 61.5 Å². The summed E-state index contributed by atoms with van der Waals surface area (Å²) in [5, 5.41) is 3.22. The van der Waals surface area contributed by atoms with E-state index >= 15 is 0 Å². The molecule has 0 saturated carbocycles. The summed E-state index contributed by atoms with van der Waals surface area (Å²) in [7, 11) is -3.85. The molecule has 8 heteroatoms. The van der Waals surface area contributed by atoms with Crippen LogP contribution in [-0.2, 0) is 10.0 Å². The van der Waals surface area contributed by atoms with Crippen LogP contribution in [0.2, 0.25) is 5.02 Å². The molecular formula is C21H19ClN2O4S. The lowest BCUT2D eigenvalue weighted by atomic mass is 10.2. The first-order chi connectivity index (χ1) is 13.9. The van der Waals surface area contributed by atoms with Crippen LogP contribution < -0.4 is 14.8 Å². The predicted octanol–water partition coefficient (Wildman–Crippen LogP) is 4.79. The second kappa shape index (κ2) is 8.98. The molecule has 0 aliphatic carbocycles. The third-order valence-corrected chi connectivity index (χ3v) is 5.57. The largest absolute Gasteiger partial charge is 0.492 e. The number of ether oxygens (including phenoxy) is 1. The Morgan fingerprint density at radius 1 is 1.00 bits per heavy atom. The monoisotopic (exact) mass is 430 g/mol. The van der Waals surface area contributed by atoms with Crippen molar-refractivity contribution in [3.63, 3.8) is 0 Å². The van der Waals surface area contributed by atoms with E-state index in [1.165, 1.54) is 18.2 Å². The standard InChI is InChI=1S/C21H19ClN2O4S/c1-2-28-20-13-12-18(29(26,27)24-17-6-4-3-5-7-17)14-19(20)23-21(25)15-8-10-16(22)11-9-15/h3-14,24H,2H2,1H3,(H,23,25). The van der Waals surface area contributed by atoms with E-state index in [0.717, 1.165) is 0 Å². The van der Waals surface area contributed by atoms with Gasteiger partial charge in [-0.3, -0.25) is 9.52 Å². The molecule has 0 unspecified atom stereocenters. The van der Waals surface area contributed by atoms with Crippen LogP contribution in [-0.4, -0.2) is 20.9 Å². The molecule has 0 fully saturated rings. The Kier molecular flexibility index (Phi) is 6.41. The second-order valence-electron chi connectivity index (χ2n) is 6.02. The third-order valence-electron chi connectivity index (χ3n) is 3.94. The van der Waals surface area contributed by atoms with E-state index in [4.69, 9.17) is 16.3 Å². The van der Waals surface area contributed by atoms with Gasteiger partial charge >= 0.3 is 0 Å². The molecule has 29 heavy (non-hydrogen) atoms. The molecule has 0 heterocycles. The van der Waals surface area contributed by atoms with Crippen LogP contribution in [0.5, 0.6) is 5.75 Å². The molecule has 0 atom stereocenters. The van der Waals surface area contributed by atoms with Crippen LogP contribution in [0.4, 0.5) is 11.4 Å². The molecule has 0 aliphatic rings. The summed E-state index contributed by atoms with van der Waals surface area (Å²) < 4.78 is 33.5. The normalized spacial score (nSPS) is 11.0. The molecule has 1 amide bonds. The lowest BCUT2D eigenvalue weighted by molar-refractivity contribution is 0.102. The smallest absolute Gasteiger partial charge is 0.261 e. The molecule has 0 aromatic heterocycles. The molecule has 150 valence electrons. The van der Waals surface area contributed by atoms with Crippen molar-refractivity contribution >= 4 is 38.9 Å². The number of halogens is 1. The van der Waals surface area contributed by atoms with Crippen molar-refractivity contribution in [2.45, 2.75) is 11.8 Å². The van der Waals surface area contributed by atoms with E-state index < -0.39 is 15.9 Å². The van der Waals surface area contributed by atoms with Crippen molar-refractivity contribution < 1.29 is 17.9 Å². The van der Waals surface area contributed by atoms with Crippen molar-refractivity contribution in [1.82, 2.24) is 0 Å². The summed E-state index contributed by atoms with van der Waals surface area (Å²) in [4.78, 5) is 12.6. The fraction of sp³-hybridized carbons (Fsp3) is 0.0952. The summed E-state index contributed by atoms with van der Waals surface area (Å²) in [6, 6.07) is 19.2. The molecule has 0 spiro atoms. The van der Waals surface area contributed by atoms with Crippen LogP contribution in [0, 0.1) is 0 Å². The van der Waals surface area contributed by atoms with Gasteiger partial charge in [0.05, 0.1) is 17.2 Å². The number of hydrogen-bond acceptors (Lipinski definition) is 4. The van der Waals surface area contributed by atoms with Crippen molar-refractivity contribution in [3.05, 3.63) is 83.4 Å². The van der Waals surface area contributed by atoms with E-state index in [1.807, 2.05) is 0 Å². The minimum Gasteiger partial charge on any atom is -0.492 e. The Balaban J connectivity index is 1.91. The molecule has 0 radical (unpaired) electrons. The van der Waals surface area contributed by atoms with Crippen LogP contribution >= 0.6 is 11.6 Å². The van der Waals surface area contributed by atoms with Gasteiger partial charge < -0.3 is 10.1 Å². The van der Waals surface area contributed by atoms with Gasteiger partial charge in [0.25, 0.3) is 15.9 Å². The number of carbonyl (C=O) groups is 1. The van der Waals surface area contributed by atoms with Gasteiger partial charge in [0, 0.05) is 16.3 Å². The first kappa shape index (κ1) is 20.7. The SMILES string of the molecule is CCOc1ccc(S(=O)(=O)Nc2ccccc2)cc1NC(=O)c1ccc(Cl)cc1. The average Bonchev–Trinajstić information content (AvgIpc) is 2.70. The summed E-state index contributed by atoms with van der Waals surface area (Å²) in [6.45, 7) is 2.16. The minimum absolute atomic E-state index is 0.00351. The van der Waals surface area contributed by atoms with Crippen LogP contribution in [0.1, 0.15) is 17.3 Å². The molecule has 3 aromatic rings. The van der Waals surface area contributed by atoms with Gasteiger partial charge in [0.2, 0.25) is 0 Å². The van der Waals surface area contributed by atoms with E-state index in [2.05, 4.69) is 10.0 Å². The fourth-order valence-electron chi connectivity index (χ4n) is 2.57. The first-order valence-electron chi connectivity index (χ1n) is 8.80. The number of anilines is 2. The highest BCUT2D eigenvalue weighted by Crippen LogP contribution is 2.29. The lowest BCUT2D eigenvalue weighted by Crippen LogP contribution is -2.16. The Morgan fingerprint density at radius 3 is 2.34 bits per heavy atom. The highest BCUT2D eigenvalue weighted by Gasteiger charge is 2.18. The number of rotatable bonds is 7. The zero-order chi connectivity index (χ0) is 20.9. The zero-order valence-electron chi connectivity index (χ0n) is 15.6. The Morgan fingerprint density at radius 2 is 1.69 bits per heavy atom. The van der Waals surface area contributed by atoms with Gasteiger partial charge in [-0.05, 0) is 61.5 Å². The summed E-state index contributed by atoms with van der Waals surface area (Å²) >= 11 is 5.86. The van der Waals surface area contributed by atoms with Gasteiger partial charge in [-0.2, -0.15) is 0 Å². The number of nitrogens with one attached hydrogen (secondary N) is 2. The van der Waals surface area contributed by atoms with Crippen molar-refractivity contribution in [3.8, 4) is 5.75 Å². The molecule has 0 bridgehead atoms. The Labute approximate surface area is 174 Å². The number of amides is 1. The van der Waals surface area contributed by atoms with E-state index in [-0.39, 0.29) is 10.6 Å². The summed E-state index contributed by atoms with van der Waals surface area (Å²) in [5.74, 6) is -0.0401. The van der Waals surface area contributed by atoms with Crippen molar-refractivity contribution in [1.29, 1.82) is 0 Å². The van der Waals surface area contributed by atoms with Crippen LogP contribution in [0.25, 0.3) is 0 Å². The van der Waals surface area contributed by atoms with Gasteiger partial charge in [-0.1, -0.05) is 29.8 Å². The number of benzene rings is 3. The molecule has 3 rings (SSSR count). The topological polar surface area (TPSA) is 84.5 Å². The molecular weight excluding hydrogens is 412 g/mol. The van der Waals surface area contributed by atoms with Gasteiger partial charge in [0.15, 0.2) is 0 Å². The maximum Gasteiger partial charge on any atom is 0.261 e. The molecule has 0 aliphatic heterocycles. The number of sulfonamides is 1. The van der Waals surface area contributed by atoms with Crippen LogP contribution in [0.3, 0.4) is 0 Å². The number of para-hydroxylation sites is 1.